The van der Waals surface area contributed by atoms with Gasteiger partial charge in [-0.25, -0.2) is 0 Å². The average molecular weight is 256 g/mol. The van der Waals surface area contributed by atoms with Gasteiger partial charge in [-0.15, -0.1) is 11.3 Å². The lowest BCUT2D eigenvalue weighted by molar-refractivity contribution is 0.977. The Morgan fingerprint density at radius 3 is 3.00 bits per heavy atom. The standard InChI is InChI=1S/C10H10BrNS/c11-8-6-13-9-3-1-2-7(4-5-12)10(8)9/h1-3,6H,4-5,12H2. The van der Waals surface area contributed by atoms with E-state index in [1.807, 2.05) is 0 Å². The second-order valence-corrected chi connectivity index (χ2v) is 4.68. The van der Waals surface area contributed by atoms with E-state index in [9.17, 15) is 0 Å². The summed E-state index contributed by atoms with van der Waals surface area (Å²) < 4.78 is 2.52. The van der Waals surface area contributed by atoms with Gasteiger partial charge in [0.15, 0.2) is 0 Å². The van der Waals surface area contributed by atoms with Crippen LogP contribution in [0, 0.1) is 0 Å². The lowest BCUT2D eigenvalue weighted by Gasteiger charge is -2.01. The lowest BCUT2D eigenvalue weighted by Crippen LogP contribution is -2.02. The average Bonchev–Trinajstić information content (AvgIpc) is 2.50. The number of hydrogen-bond donors (Lipinski definition) is 1. The first-order valence-corrected chi connectivity index (χ1v) is 5.85. The molecule has 2 aromatic rings. The molecule has 0 radical (unpaired) electrons. The highest BCUT2D eigenvalue weighted by Gasteiger charge is 2.05. The van der Waals surface area contributed by atoms with Gasteiger partial charge in [0.25, 0.3) is 0 Å². The molecule has 0 saturated carbocycles. The molecule has 0 atom stereocenters. The van der Waals surface area contributed by atoms with Crippen molar-refractivity contribution in [3.8, 4) is 0 Å². The summed E-state index contributed by atoms with van der Waals surface area (Å²) in [6, 6.07) is 6.38. The molecule has 1 aromatic heterocycles. The molecule has 2 N–H and O–H groups in total. The number of halogens is 1. The van der Waals surface area contributed by atoms with E-state index in [1.54, 1.807) is 11.3 Å². The Labute approximate surface area is 89.7 Å². The van der Waals surface area contributed by atoms with Gasteiger partial charge in [-0.1, -0.05) is 12.1 Å². The highest BCUT2D eigenvalue weighted by molar-refractivity contribution is 9.10. The maximum absolute atomic E-state index is 5.56. The first kappa shape index (κ1) is 9.19. The summed E-state index contributed by atoms with van der Waals surface area (Å²) in [6.07, 6.45) is 0.951. The summed E-state index contributed by atoms with van der Waals surface area (Å²) in [5, 5.41) is 3.46. The molecule has 3 heteroatoms. The second kappa shape index (κ2) is 3.78. The van der Waals surface area contributed by atoms with Gasteiger partial charge in [0, 0.05) is 19.9 Å². The third-order valence-electron chi connectivity index (χ3n) is 2.05. The second-order valence-electron chi connectivity index (χ2n) is 2.91. The van der Waals surface area contributed by atoms with Crippen molar-refractivity contribution >= 4 is 37.4 Å². The van der Waals surface area contributed by atoms with Gasteiger partial charge in [0.1, 0.15) is 0 Å². The van der Waals surface area contributed by atoms with Gasteiger partial charge in [-0.3, -0.25) is 0 Å². The molecule has 0 saturated heterocycles. The zero-order valence-electron chi connectivity index (χ0n) is 7.09. The summed E-state index contributed by atoms with van der Waals surface area (Å²) in [7, 11) is 0. The van der Waals surface area contributed by atoms with E-state index in [-0.39, 0.29) is 0 Å². The Kier molecular flexibility index (Phi) is 2.67. The van der Waals surface area contributed by atoms with Crippen molar-refractivity contribution in [1.82, 2.24) is 0 Å². The van der Waals surface area contributed by atoms with Gasteiger partial charge >= 0.3 is 0 Å². The number of nitrogens with two attached hydrogens (primary N) is 1. The minimum absolute atomic E-state index is 0.710. The third kappa shape index (κ3) is 1.64. The molecule has 0 amide bonds. The predicted octanol–water partition coefficient (Wildman–Crippen LogP) is 3.17. The lowest BCUT2D eigenvalue weighted by atomic mass is 10.1. The van der Waals surface area contributed by atoms with Crippen molar-refractivity contribution in [2.45, 2.75) is 6.42 Å². The van der Waals surface area contributed by atoms with Gasteiger partial charge in [-0.05, 0) is 40.5 Å². The summed E-state index contributed by atoms with van der Waals surface area (Å²) in [6.45, 7) is 0.710. The van der Waals surface area contributed by atoms with Crippen LogP contribution in [0.2, 0.25) is 0 Å². The molecule has 0 bridgehead atoms. The maximum atomic E-state index is 5.56. The fourth-order valence-corrected chi connectivity index (χ4v) is 3.23. The number of benzene rings is 1. The number of fused-ring (bicyclic) bond motifs is 1. The van der Waals surface area contributed by atoms with Crippen LogP contribution < -0.4 is 5.73 Å². The van der Waals surface area contributed by atoms with Gasteiger partial charge in [0.2, 0.25) is 0 Å². The van der Waals surface area contributed by atoms with E-state index in [0.29, 0.717) is 6.54 Å². The fraction of sp³-hybridized carbons (Fsp3) is 0.200. The van der Waals surface area contributed by atoms with Crippen molar-refractivity contribution in [1.29, 1.82) is 0 Å². The molecule has 1 heterocycles. The zero-order chi connectivity index (χ0) is 9.26. The molecule has 0 aliphatic heterocycles. The Hall–Kier alpha value is -0.380. The Balaban J connectivity index is 2.65. The predicted molar refractivity (Wildman–Crippen MR) is 62.3 cm³/mol. The van der Waals surface area contributed by atoms with E-state index in [2.05, 4.69) is 39.5 Å². The monoisotopic (exact) mass is 255 g/mol. The SMILES string of the molecule is NCCc1cccc2scc(Br)c12. The molecule has 2 rings (SSSR count). The highest BCUT2D eigenvalue weighted by Crippen LogP contribution is 2.32. The quantitative estimate of drug-likeness (QED) is 0.877. The molecule has 0 unspecified atom stereocenters. The Morgan fingerprint density at radius 1 is 1.38 bits per heavy atom. The van der Waals surface area contributed by atoms with Crippen molar-refractivity contribution in [3.63, 3.8) is 0 Å². The van der Waals surface area contributed by atoms with Gasteiger partial charge in [-0.2, -0.15) is 0 Å². The topological polar surface area (TPSA) is 26.0 Å². The van der Waals surface area contributed by atoms with Crippen LogP contribution in [0.25, 0.3) is 10.1 Å². The molecule has 68 valence electrons. The summed E-state index contributed by atoms with van der Waals surface area (Å²) in [4.78, 5) is 0. The number of rotatable bonds is 2. The zero-order valence-corrected chi connectivity index (χ0v) is 9.49. The normalized spacial score (nSPS) is 10.9. The molecule has 1 nitrogen and oxygen atoms in total. The van der Waals surface area contributed by atoms with Crippen molar-refractivity contribution < 1.29 is 0 Å². The first-order valence-electron chi connectivity index (χ1n) is 4.17. The van der Waals surface area contributed by atoms with Crippen LogP contribution in [0.5, 0.6) is 0 Å². The van der Waals surface area contributed by atoms with Gasteiger partial charge in [0.05, 0.1) is 0 Å². The molecular weight excluding hydrogens is 246 g/mol. The highest BCUT2D eigenvalue weighted by atomic mass is 79.9. The van der Waals surface area contributed by atoms with Crippen LogP contribution in [0.3, 0.4) is 0 Å². The van der Waals surface area contributed by atoms with E-state index in [0.717, 1.165) is 6.42 Å². The number of thiophene rings is 1. The summed E-state index contributed by atoms with van der Waals surface area (Å²) in [5.41, 5.74) is 6.90. The van der Waals surface area contributed by atoms with Crippen LogP contribution in [-0.2, 0) is 6.42 Å². The van der Waals surface area contributed by atoms with Gasteiger partial charge < -0.3 is 5.73 Å². The maximum Gasteiger partial charge on any atom is 0.0363 e. The Morgan fingerprint density at radius 2 is 2.23 bits per heavy atom. The molecular formula is C10H10BrNS. The minimum Gasteiger partial charge on any atom is -0.330 e. The summed E-state index contributed by atoms with van der Waals surface area (Å²) in [5.74, 6) is 0. The van der Waals surface area contributed by atoms with Crippen LogP contribution in [-0.4, -0.2) is 6.54 Å². The van der Waals surface area contributed by atoms with Crippen molar-refractivity contribution in [3.05, 3.63) is 33.6 Å². The van der Waals surface area contributed by atoms with E-state index >= 15 is 0 Å². The van der Waals surface area contributed by atoms with Crippen molar-refractivity contribution in [2.75, 3.05) is 6.54 Å². The van der Waals surface area contributed by atoms with E-state index < -0.39 is 0 Å². The fourth-order valence-electron chi connectivity index (χ4n) is 1.48. The molecule has 0 spiro atoms. The molecule has 0 aliphatic rings. The van der Waals surface area contributed by atoms with Crippen LogP contribution in [0.1, 0.15) is 5.56 Å². The smallest absolute Gasteiger partial charge is 0.0363 e. The third-order valence-corrected chi connectivity index (χ3v) is 3.93. The molecule has 1 aromatic carbocycles. The van der Waals surface area contributed by atoms with Crippen LogP contribution in [0.4, 0.5) is 0 Å². The molecule has 13 heavy (non-hydrogen) atoms. The number of hydrogen-bond acceptors (Lipinski definition) is 2. The Bertz CT molecular complexity index is 422. The van der Waals surface area contributed by atoms with Crippen molar-refractivity contribution in [2.24, 2.45) is 5.73 Å². The van der Waals surface area contributed by atoms with E-state index in [1.165, 1.54) is 20.1 Å². The van der Waals surface area contributed by atoms with Crippen LogP contribution in [0.15, 0.2) is 28.1 Å². The first-order chi connectivity index (χ1) is 6.33. The van der Waals surface area contributed by atoms with Crippen LogP contribution >= 0.6 is 27.3 Å². The largest absolute Gasteiger partial charge is 0.330 e. The summed E-state index contributed by atoms with van der Waals surface area (Å²) >= 11 is 5.32. The minimum atomic E-state index is 0.710. The molecule has 0 fully saturated rings. The molecule has 0 aliphatic carbocycles. The van der Waals surface area contributed by atoms with E-state index in [4.69, 9.17) is 5.73 Å².